The zero-order valence-electron chi connectivity index (χ0n) is 16.4. The molecule has 28 heavy (non-hydrogen) atoms. The minimum atomic E-state index is -0.926. The molecular weight excluding hydrogens is 372 g/mol. The van der Waals surface area contributed by atoms with Gasteiger partial charge in [-0.1, -0.05) is 18.2 Å². The molecule has 2 aliphatic heterocycles. The molecule has 2 aromatic rings. The van der Waals surface area contributed by atoms with E-state index in [9.17, 15) is 9.90 Å². The van der Waals surface area contributed by atoms with Crippen LogP contribution < -0.4 is 0 Å². The summed E-state index contributed by atoms with van der Waals surface area (Å²) in [5.41, 5.74) is 0.550. The summed E-state index contributed by atoms with van der Waals surface area (Å²) >= 11 is 1.63. The molecule has 0 saturated carbocycles. The van der Waals surface area contributed by atoms with E-state index in [4.69, 9.17) is 4.98 Å². The average molecular weight is 401 g/mol. The molecule has 7 heteroatoms. The lowest BCUT2D eigenvalue weighted by Gasteiger charge is -2.37. The smallest absolute Gasteiger partial charge is 0.253 e. The highest BCUT2D eigenvalue weighted by Crippen LogP contribution is 2.34. The number of hydrogen-bond acceptors (Lipinski definition) is 6. The van der Waals surface area contributed by atoms with Crippen LogP contribution in [0.25, 0.3) is 0 Å². The van der Waals surface area contributed by atoms with E-state index in [1.54, 1.807) is 11.3 Å². The van der Waals surface area contributed by atoms with Gasteiger partial charge in [0.2, 0.25) is 0 Å². The van der Waals surface area contributed by atoms with Gasteiger partial charge in [-0.25, -0.2) is 4.98 Å². The van der Waals surface area contributed by atoms with Crippen molar-refractivity contribution in [2.45, 2.75) is 25.0 Å². The molecule has 0 radical (unpaired) electrons. The van der Waals surface area contributed by atoms with Gasteiger partial charge in [-0.3, -0.25) is 9.69 Å². The third-order valence-corrected chi connectivity index (χ3v) is 6.72. The molecule has 3 heterocycles. The van der Waals surface area contributed by atoms with Crippen LogP contribution >= 0.6 is 11.3 Å². The van der Waals surface area contributed by atoms with Crippen molar-refractivity contribution in [2.24, 2.45) is 0 Å². The quantitative estimate of drug-likeness (QED) is 0.851. The lowest BCUT2D eigenvalue weighted by Crippen LogP contribution is -2.45. The number of thiazole rings is 1. The van der Waals surface area contributed by atoms with Gasteiger partial charge in [0, 0.05) is 50.2 Å². The second kappa shape index (κ2) is 8.29. The molecule has 0 spiro atoms. The number of piperidine rings is 1. The maximum atomic E-state index is 12.6. The molecule has 2 aliphatic rings. The minimum Gasteiger partial charge on any atom is -0.383 e. The van der Waals surface area contributed by atoms with E-state index in [1.165, 1.54) is 0 Å². The van der Waals surface area contributed by atoms with Crippen molar-refractivity contribution in [3.8, 4) is 0 Å². The van der Waals surface area contributed by atoms with Crippen LogP contribution in [0, 0.1) is 0 Å². The summed E-state index contributed by atoms with van der Waals surface area (Å²) in [7, 11) is 2.16. The number of amides is 1. The summed E-state index contributed by atoms with van der Waals surface area (Å²) in [5.74, 6) is 0.0386. The molecule has 6 nitrogen and oxygen atoms in total. The van der Waals surface area contributed by atoms with E-state index >= 15 is 0 Å². The van der Waals surface area contributed by atoms with Gasteiger partial charge in [-0.2, -0.15) is 0 Å². The fourth-order valence-corrected chi connectivity index (χ4v) is 4.82. The molecule has 1 N–H and O–H groups in total. The maximum Gasteiger partial charge on any atom is 0.253 e. The minimum absolute atomic E-state index is 0.0386. The Labute approximate surface area is 170 Å². The van der Waals surface area contributed by atoms with Crippen molar-refractivity contribution in [2.75, 3.05) is 46.3 Å². The zero-order valence-corrected chi connectivity index (χ0v) is 17.2. The van der Waals surface area contributed by atoms with E-state index < -0.39 is 5.60 Å². The van der Waals surface area contributed by atoms with Crippen molar-refractivity contribution in [3.63, 3.8) is 0 Å². The number of hydrogen-bond donors (Lipinski definition) is 1. The van der Waals surface area contributed by atoms with Crippen LogP contribution in [0.4, 0.5) is 0 Å². The highest BCUT2D eigenvalue weighted by atomic mass is 32.1. The van der Waals surface area contributed by atoms with Crippen molar-refractivity contribution in [3.05, 3.63) is 52.0 Å². The Bertz CT molecular complexity index is 794. The van der Waals surface area contributed by atoms with Gasteiger partial charge in [-0.05, 0) is 32.0 Å². The highest BCUT2D eigenvalue weighted by molar-refractivity contribution is 7.09. The Kier molecular flexibility index (Phi) is 5.78. The molecule has 1 aromatic carbocycles. The second-order valence-electron chi connectivity index (χ2n) is 7.90. The molecule has 4 rings (SSSR count). The number of likely N-dealkylation sites (N-methyl/N-ethyl adjacent to an activating group) is 1. The molecule has 150 valence electrons. The van der Waals surface area contributed by atoms with Crippen LogP contribution in [0.1, 0.15) is 33.9 Å². The molecule has 2 fully saturated rings. The Hall–Kier alpha value is -1.80. The van der Waals surface area contributed by atoms with Crippen LogP contribution in [-0.2, 0) is 12.1 Å². The molecule has 0 atom stereocenters. The Morgan fingerprint density at radius 2 is 1.79 bits per heavy atom. The van der Waals surface area contributed by atoms with Crippen LogP contribution in [0.2, 0.25) is 0 Å². The predicted molar refractivity (Wildman–Crippen MR) is 110 cm³/mol. The lowest BCUT2D eigenvalue weighted by atomic mass is 9.88. The summed E-state index contributed by atoms with van der Waals surface area (Å²) in [6.07, 6.45) is 1.06. The van der Waals surface area contributed by atoms with E-state index in [2.05, 4.69) is 16.8 Å². The Morgan fingerprint density at radius 1 is 1.11 bits per heavy atom. The third-order valence-electron chi connectivity index (χ3n) is 5.88. The normalized spacial score (nSPS) is 21.0. The van der Waals surface area contributed by atoms with Gasteiger partial charge in [0.05, 0.1) is 12.2 Å². The predicted octanol–water partition coefficient (Wildman–Crippen LogP) is 2.01. The van der Waals surface area contributed by atoms with Crippen LogP contribution in [0.15, 0.2) is 35.7 Å². The SMILES string of the molecule is CN1CCN(Cc2nc(C3(O)CCN(C(=O)c4ccccc4)CC3)cs2)CC1. The van der Waals surface area contributed by atoms with Crippen LogP contribution in [0.5, 0.6) is 0 Å². The summed E-state index contributed by atoms with van der Waals surface area (Å²) in [6, 6.07) is 9.35. The van der Waals surface area contributed by atoms with Crippen molar-refractivity contribution < 1.29 is 9.90 Å². The summed E-state index contributed by atoms with van der Waals surface area (Å²) < 4.78 is 0. The number of benzene rings is 1. The molecule has 0 aliphatic carbocycles. The van der Waals surface area contributed by atoms with E-state index in [0.717, 1.165) is 43.4 Å². The fourth-order valence-electron chi connectivity index (χ4n) is 3.89. The van der Waals surface area contributed by atoms with Crippen molar-refractivity contribution in [1.29, 1.82) is 0 Å². The monoisotopic (exact) mass is 400 g/mol. The Morgan fingerprint density at radius 3 is 2.46 bits per heavy atom. The standard InChI is InChI=1S/C21H28N4O2S/c1-23-11-13-24(14-12-23)15-19-22-18(16-28-19)21(27)7-9-25(10-8-21)20(26)17-5-3-2-4-6-17/h2-6,16,27H,7-15H2,1H3. The number of piperazine rings is 1. The van der Waals surface area contributed by atoms with Gasteiger partial charge in [0.15, 0.2) is 0 Å². The first-order valence-electron chi connectivity index (χ1n) is 9.96. The summed E-state index contributed by atoms with van der Waals surface area (Å²) in [6.45, 7) is 6.26. The molecule has 0 bridgehead atoms. The van der Waals surface area contributed by atoms with Crippen LogP contribution in [0.3, 0.4) is 0 Å². The molecule has 0 unspecified atom stereocenters. The van der Waals surface area contributed by atoms with Gasteiger partial charge >= 0.3 is 0 Å². The fraction of sp³-hybridized carbons (Fsp3) is 0.524. The van der Waals surface area contributed by atoms with E-state index in [0.29, 0.717) is 31.5 Å². The number of aliphatic hydroxyl groups is 1. The average Bonchev–Trinajstić information content (AvgIpc) is 3.20. The maximum absolute atomic E-state index is 12.6. The second-order valence-corrected chi connectivity index (χ2v) is 8.84. The number of likely N-dealkylation sites (tertiary alicyclic amines) is 1. The topological polar surface area (TPSA) is 59.9 Å². The van der Waals surface area contributed by atoms with Gasteiger partial charge in [-0.15, -0.1) is 11.3 Å². The summed E-state index contributed by atoms with van der Waals surface area (Å²) in [4.78, 5) is 24.0. The van der Waals surface area contributed by atoms with Gasteiger partial charge in [0.25, 0.3) is 5.91 Å². The van der Waals surface area contributed by atoms with E-state index in [1.807, 2.05) is 40.6 Å². The molecule has 2 saturated heterocycles. The van der Waals surface area contributed by atoms with Crippen LogP contribution in [-0.4, -0.2) is 77.0 Å². The first-order chi connectivity index (χ1) is 13.5. The highest BCUT2D eigenvalue weighted by Gasteiger charge is 2.37. The van der Waals surface area contributed by atoms with Gasteiger partial charge < -0.3 is 14.9 Å². The number of carbonyl (C=O) groups excluding carboxylic acids is 1. The first-order valence-corrected chi connectivity index (χ1v) is 10.8. The number of rotatable bonds is 4. The number of carbonyl (C=O) groups is 1. The van der Waals surface area contributed by atoms with Gasteiger partial charge in [0.1, 0.15) is 10.6 Å². The molecule has 1 aromatic heterocycles. The van der Waals surface area contributed by atoms with E-state index in [-0.39, 0.29) is 5.91 Å². The zero-order chi connectivity index (χ0) is 19.6. The first kappa shape index (κ1) is 19.5. The number of aromatic nitrogens is 1. The molecular formula is C21H28N4O2S. The Balaban J connectivity index is 1.35. The van der Waals surface area contributed by atoms with Crippen molar-refractivity contribution in [1.82, 2.24) is 19.7 Å². The summed E-state index contributed by atoms with van der Waals surface area (Å²) in [5, 5.41) is 14.2. The number of nitrogens with zero attached hydrogens (tertiary/aromatic N) is 4. The third kappa shape index (κ3) is 4.27. The van der Waals surface area contributed by atoms with Crippen molar-refractivity contribution >= 4 is 17.2 Å². The largest absolute Gasteiger partial charge is 0.383 e. The lowest BCUT2D eigenvalue weighted by molar-refractivity contribution is -0.0241. The molecule has 1 amide bonds.